The minimum Gasteiger partial charge on any atom is -0.135 e. The third-order valence-electron chi connectivity index (χ3n) is 6.38. The Morgan fingerprint density at radius 2 is 1.23 bits per heavy atom. The number of benzene rings is 4. The summed E-state index contributed by atoms with van der Waals surface area (Å²) < 4.78 is 5.68. The summed E-state index contributed by atoms with van der Waals surface area (Å²) in [4.78, 5) is 0. The molecule has 6 aromatic rings. The average molecular weight is 423 g/mol. The smallest absolute Gasteiger partial charge is 0.0387 e. The lowest BCUT2D eigenvalue weighted by atomic mass is 9.97. The number of hydrogen-bond acceptors (Lipinski definition) is 2. The van der Waals surface area contributed by atoms with Crippen LogP contribution < -0.4 is 0 Å². The molecule has 146 valence electrons. The van der Waals surface area contributed by atoms with Gasteiger partial charge in [0.25, 0.3) is 0 Å². The van der Waals surface area contributed by atoms with E-state index in [0.29, 0.717) is 0 Å². The van der Waals surface area contributed by atoms with Crippen molar-refractivity contribution < 1.29 is 0 Å². The van der Waals surface area contributed by atoms with Gasteiger partial charge in [-0.15, -0.1) is 22.7 Å². The lowest BCUT2D eigenvalue weighted by Gasteiger charge is -2.08. The maximum Gasteiger partial charge on any atom is 0.0387 e. The molecule has 0 unspecified atom stereocenters. The van der Waals surface area contributed by atoms with Crippen molar-refractivity contribution in [1.29, 1.82) is 0 Å². The molecular weight excluding hydrogens is 400 g/mol. The number of hydrogen-bond donors (Lipinski definition) is 0. The number of fused-ring (bicyclic) bond motifs is 6. The van der Waals surface area contributed by atoms with Crippen LogP contribution in [0.2, 0.25) is 0 Å². The van der Waals surface area contributed by atoms with Gasteiger partial charge in [-0.2, -0.15) is 0 Å². The summed E-state index contributed by atoms with van der Waals surface area (Å²) in [5, 5.41) is 5.57. The fraction of sp³-hybridized carbons (Fsp3) is 0.143. The Balaban J connectivity index is 1.46. The molecule has 0 fully saturated rings. The normalized spacial score (nSPS) is 12.0. The maximum atomic E-state index is 2.40. The maximum absolute atomic E-state index is 2.40. The van der Waals surface area contributed by atoms with E-state index in [1.807, 2.05) is 22.7 Å². The Morgan fingerprint density at radius 1 is 0.600 bits per heavy atom. The van der Waals surface area contributed by atoms with Crippen molar-refractivity contribution in [3.8, 4) is 0 Å². The van der Waals surface area contributed by atoms with E-state index in [9.17, 15) is 0 Å². The van der Waals surface area contributed by atoms with E-state index in [0.717, 1.165) is 6.42 Å². The molecule has 2 heterocycles. The second-order valence-electron chi connectivity index (χ2n) is 8.34. The highest BCUT2D eigenvalue weighted by molar-refractivity contribution is 7.26. The Kier molecular flexibility index (Phi) is 4.02. The molecule has 0 saturated carbocycles. The van der Waals surface area contributed by atoms with Crippen LogP contribution in [0.4, 0.5) is 0 Å². The molecule has 0 nitrogen and oxygen atoms in total. The number of aryl methyl sites for hydroxylation is 3. The minimum absolute atomic E-state index is 0.984. The lowest BCUT2D eigenvalue weighted by molar-refractivity contribution is 1.18. The molecule has 0 aliphatic carbocycles. The fourth-order valence-corrected chi connectivity index (χ4v) is 7.21. The Morgan fingerprint density at radius 3 is 2.00 bits per heavy atom. The highest BCUT2D eigenvalue weighted by Gasteiger charge is 2.13. The molecule has 0 aliphatic heterocycles. The van der Waals surface area contributed by atoms with Crippen molar-refractivity contribution in [3.05, 3.63) is 94.5 Å². The number of rotatable bonds is 2. The zero-order valence-electron chi connectivity index (χ0n) is 17.4. The molecule has 0 amide bonds. The summed E-state index contributed by atoms with van der Waals surface area (Å²) in [5.41, 5.74) is 7.01. The van der Waals surface area contributed by atoms with Gasteiger partial charge in [-0.25, -0.2) is 0 Å². The molecule has 0 saturated heterocycles. The van der Waals surface area contributed by atoms with Crippen LogP contribution in [0.3, 0.4) is 0 Å². The van der Waals surface area contributed by atoms with Crippen molar-refractivity contribution in [2.75, 3.05) is 0 Å². The van der Waals surface area contributed by atoms with Gasteiger partial charge < -0.3 is 0 Å². The van der Waals surface area contributed by atoms with Gasteiger partial charge in [0.2, 0.25) is 0 Å². The van der Waals surface area contributed by atoms with Crippen molar-refractivity contribution in [2.24, 2.45) is 0 Å². The van der Waals surface area contributed by atoms with Crippen molar-refractivity contribution in [1.82, 2.24) is 0 Å². The van der Waals surface area contributed by atoms with Crippen LogP contribution in [0.15, 0.2) is 66.7 Å². The van der Waals surface area contributed by atoms with Crippen LogP contribution in [0.25, 0.3) is 40.3 Å². The standard InChI is InChI=1S/C28H22S2/c1-16-6-4-8-22-21-12-10-19(15-25(21)29-26(16)22)14-20-11-13-24-23-9-5-7-17(2)27(23)30-28(24)18(20)3/h4-13,15H,14H2,1-3H3. The zero-order chi connectivity index (χ0) is 20.4. The van der Waals surface area contributed by atoms with Gasteiger partial charge in [0, 0.05) is 40.3 Å². The summed E-state index contributed by atoms with van der Waals surface area (Å²) >= 11 is 3.88. The first-order valence-corrected chi connectivity index (χ1v) is 12.0. The van der Waals surface area contributed by atoms with Crippen LogP contribution >= 0.6 is 22.7 Å². The highest BCUT2D eigenvalue weighted by Crippen LogP contribution is 2.40. The molecule has 0 spiro atoms. The molecular formula is C28H22S2. The van der Waals surface area contributed by atoms with Crippen LogP contribution in [0.1, 0.15) is 27.8 Å². The summed E-state index contributed by atoms with van der Waals surface area (Å²) in [5.74, 6) is 0. The van der Waals surface area contributed by atoms with Crippen LogP contribution in [-0.4, -0.2) is 0 Å². The van der Waals surface area contributed by atoms with E-state index < -0.39 is 0 Å². The van der Waals surface area contributed by atoms with Gasteiger partial charge >= 0.3 is 0 Å². The van der Waals surface area contributed by atoms with E-state index in [1.165, 1.54) is 68.2 Å². The molecule has 0 bridgehead atoms. The first kappa shape index (κ1) is 18.1. The summed E-state index contributed by atoms with van der Waals surface area (Å²) in [6, 6.07) is 25.0. The van der Waals surface area contributed by atoms with Crippen molar-refractivity contribution in [3.63, 3.8) is 0 Å². The van der Waals surface area contributed by atoms with Crippen LogP contribution in [-0.2, 0) is 6.42 Å². The predicted octanol–water partition coefficient (Wildman–Crippen LogP) is 8.94. The fourth-order valence-electron chi connectivity index (χ4n) is 4.68. The Bertz CT molecular complexity index is 1590. The van der Waals surface area contributed by atoms with Gasteiger partial charge in [0.05, 0.1) is 0 Å². The third-order valence-corrected chi connectivity index (χ3v) is 9.16. The quantitative estimate of drug-likeness (QED) is 0.261. The van der Waals surface area contributed by atoms with E-state index >= 15 is 0 Å². The largest absolute Gasteiger partial charge is 0.135 e. The summed E-state index contributed by atoms with van der Waals surface area (Å²) in [6.07, 6.45) is 0.984. The molecule has 0 atom stereocenters. The van der Waals surface area contributed by atoms with Crippen LogP contribution in [0, 0.1) is 20.8 Å². The average Bonchev–Trinajstić information content (AvgIpc) is 3.31. The van der Waals surface area contributed by atoms with Crippen LogP contribution in [0.5, 0.6) is 0 Å². The highest BCUT2D eigenvalue weighted by atomic mass is 32.1. The third kappa shape index (κ3) is 2.64. The molecule has 0 N–H and O–H groups in total. The van der Waals surface area contributed by atoms with Gasteiger partial charge in [-0.3, -0.25) is 0 Å². The molecule has 6 rings (SSSR count). The Labute approximate surface area is 184 Å². The molecule has 2 heteroatoms. The zero-order valence-corrected chi connectivity index (χ0v) is 19.0. The second-order valence-corrected chi connectivity index (χ2v) is 10.4. The molecule has 4 aromatic carbocycles. The van der Waals surface area contributed by atoms with E-state index in [1.54, 1.807) is 0 Å². The van der Waals surface area contributed by atoms with E-state index in [4.69, 9.17) is 0 Å². The summed E-state index contributed by atoms with van der Waals surface area (Å²) in [6.45, 7) is 6.73. The second kappa shape index (κ2) is 6.66. The van der Waals surface area contributed by atoms with Gasteiger partial charge in [-0.05, 0) is 61.1 Å². The molecule has 0 radical (unpaired) electrons. The first-order chi connectivity index (χ1) is 14.6. The lowest BCUT2D eigenvalue weighted by Crippen LogP contribution is -1.91. The molecule has 0 aliphatic rings. The number of thiophene rings is 2. The van der Waals surface area contributed by atoms with E-state index in [2.05, 4.69) is 87.5 Å². The van der Waals surface area contributed by atoms with E-state index in [-0.39, 0.29) is 0 Å². The van der Waals surface area contributed by atoms with Gasteiger partial charge in [0.1, 0.15) is 0 Å². The SMILES string of the molecule is Cc1cccc2c1sc1cc(Cc3ccc4c(sc5c(C)cccc54)c3C)ccc12. The topological polar surface area (TPSA) is 0 Å². The van der Waals surface area contributed by atoms with Gasteiger partial charge in [0.15, 0.2) is 0 Å². The Hall–Kier alpha value is -2.68. The van der Waals surface area contributed by atoms with Crippen molar-refractivity contribution >= 4 is 63.0 Å². The summed E-state index contributed by atoms with van der Waals surface area (Å²) in [7, 11) is 0. The van der Waals surface area contributed by atoms with Crippen molar-refractivity contribution in [2.45, 2.75) is 27.2 Å². The molecule has 2 aromatic heterocycles. The predicted molar refractivity (Wildman–Crippen MR) is 136 cm³/mol. The van der Waals surface area contributed by atoms with Gasteiger partial charge in [-0.1, -0.05) is 60.7 Å². The first-order valence-electron chi connectivity index (χ1n) is 10.4. The monoisotopic (exact) mass is 422 g/mol. The molecule has 30 heavy (non-hydrogen) atoms. The minimum atomic E-state index is 0.984.